The number of hydrogen-bond donors (Lipinski definition) is 0. The highest BCUT2D eigenvalue weighted by Gasteiger charge is 2.40. The second-order valence-corrected chi connectivity index (χ2v) is 6.44. The van der Waals surface area contributed by atoms with Gasteiger partial charge in [0.1, 0.15) is 17.8 Å². The van der Waals surface area contributed by atoms with E-state index in [-0.39, 0.29) is 5.91 Å². The van der Waals surface area contributed by atoms with Crippen LogP contribution < -0.4 is 4.90 Å². The Hall–Kier alpha value is -1.73. The van der Waals surface area contributed by atoms with Crippen molar-refractivity contribution in [3.05, 3.63) is 18.1 Å². The second kappa shape index (κ2) is 7.44. The molecular formula is C17H26N4O3. The number of aromatic nitrogens is 2. The average molecular weight is 334 g/mol. The van der Waals surface area contributed by atoms with Crippen molar-refractivity contribution in [2.75, 3.05) is 44.8 Å². The van der Waals surface area contributed by atoms with Crippen LogP contribution in [0.15, 0.2) is 12.4 Å². The lowest BCUT2D eigenvalue weighted by Crippen LogP contribution is -2.45. The molecule has 1 aromatic heterocycles. The van der Waals surface area contributed by atoms with E-state index in [0.717, 1.165) is 51.1 Å². The third-order valence-electron chi connectivity index (χ3n) is 4.73. The quantitative estimate of drug-likeness (QED) is 0.816. The van der Waals surface area contributed by atoms with E-state index in [1.165, 1.54) is 6.33 Å². The molecule has 2 aliphatic heterocycles. The van der Waals surface area contributed by atoms with Gasteiger partial charge in [0.2, 0.25) is 0 Å². The van der Waals surface area contributed by atoms with Gasteiger partial charge < -0.3 is 19.3 Å². The summed E-state index contributed by atoms with van der Waals surface area (Å²) in [4.78, 5) is 24.9. The van der Waals surface area contributed by atoms with Crippen LogP contribution in [0.5, 0.6) is 0 Å². The van der Waals surface area contributed by atoms with Gasteiger partial charge in [-0.05, 0) is 6.42 Å². The molecule has 0 aromatic carbocycles. The lowest BCUT2D eigenvalue weighted by Gasteiger charge is -2.38. The van der Waals surface area contributed by atoms with Crippen molar-refractivity contribution in [3.63, 3.8) is 0 Å². The Morgan fingerprint density at radius 2 is 2.00 bits per heavy atom. The topological polar surface area (TPSA) is 67.8 Å². The molecule has 0 saturated carbocycles. The summed E-state index contributed by atoms with van der Waals surface area (Å²) >= 11 is 0. The van der Waals surface area contributed by atoms with Gasteiger partial charge in [-0.25, -0.2) is 9.97 Å². The standard InChI is InChI=1S/C17H26N4O3/c1-3-4-7-20(2)16(22)14-12-15(19-13-18-14)21-8-5-17(6-9-21)23-10-11-24-17/h12-13H,3-11H2,1-2H3. The fourth-order valence-corrected chi connectivity index (χ4v) is 3.19. The molecule has 24 heavy (non-hydrogen) atoms. The SMILES string of the molecule is CCCCN(C)C(=O)c1cc(N2CCC3(CC2)OCCO3)ncn1. The van der Waals surface area contributed by atoms with Crippen LogP contribution in [0, 0.1) is 0 Å². The van der Waals surface area contributed by atoms with E-state index in [0.29, 0.717) is 18.9 Å². The predicted molar refractivity (Wildman–Crippen MR) is 90.0 cm³/mol. The Balaban J connectivity index is 1.64. The molecular weight excluding hydrogens is 308 g/mol. The maximum absolute atomic E-state index is 12.5. The lowest BCUT2D eigenvalue weighted by atomic mass is 10.0. The van der Waals surface area contributed by atoms with Gasteiger partial charge in [-0.2, -0.15) is 0 Å². The molecule has 0 N–H and O–H groups in total. The van der Waals surface area contributed by atoms with Crippen molar-refractivity contribution >= 4 is 11.7 Å². The summed E-state index contributed by atoms with van der Waals surface area (Å²) in [5, 5.41) is 0. The number of hydrogen-bond acceptors (Lipinski definition) is 6. The third-order valence-corrected chi connectivity index (χ3v) is 4.73. The minimum Gasteiger partial charge on any atom is -0.356 e. The Bertz CT molecular complexity index is 565. The average Bonchev–Trinajstić information content (AvgIpc) is 3.07. The first kappa shape index (κ1) is 17.1. The van der Waals surface area contributed by atoms with Gasteiger partial charge in [0.25, 0.3) is 5.91 Å². The Morgan fingerprint density at radius 1 is 1.29 bits per heavy atom. The number of carbonyl (C=O) groups is 1. The lowest BCUT2D eigenvalue weighted by molar-refractivity contribution is -0.169. The van der Waals surface area contributed by atoms with E-state index in [1.54, 1.807) is 11.0 Å². The summed E-state index contributed by atoms with van der Waals surface area (Å²) in [5.74, 6) is 0.343. The first-order valence-electron chi connectivity index (χ1n) is 8.74. The van der Waals surface area contributed by atoms with Crippen LogP contribution in [0.4, 0.5) is 5.82 Å². The van der Waals surface area contributed by atoms with Gasteiger partial charge in [-0.3, -0.25) is 4.79 Å². The van der Waals surface area contributed by atoms with Gasteiger partial charge in [0.15, 0.2) is 5.79 Å². The van der Waals surface area contributed by atoms with E-state index >= 15 is 0 Å². The number of nitrogens with zero attached hydrogens (tertiary/aromatic N) is 4. The summed E-state index contributed by atoms with van der Waals surface area (Å²) in [6, 6.07) is 1.79. The summed E-state index contributed by atoms with van der Waals surface area (Å²) in [6.07, 6.45) is 5.16. The van der Waals surface area contributed by atoms with Gasteiger partial charge in [0, 0.05) is 45.6 Å². The number of anilines is 1. The van der Waals surface area contributed by atoms with Crippen LogP contribution in [-0.4, -0.2) is 66.5 Å². The number of rotatable bonds is 5. The van der Waals surface area contributed by atoms with Crippen molar-refractivity contribution < 1.29 is 14.3 Å². The van der Waals surface area contributed by atoms with Gasteiger partial charge in [-0.1, -0.05) is 13.3 Å². The number of unbranched alkanes of at least 4 members (excludes halogenated alkanes) is 1. The molecule has 0 atom stereocenters. The summed E-state index contributed by atoms with van der Waals surface area (Å²) < 4.78 is 11.5. The van der Waals surface area contributed by atoms with E-state index in [2.05, 4.69) is 21.8 Å². The molecule has 7 nitrogen and oxygen atoms in total. The van der Waals surface area contributed by atoms with Gasteiger partial charge >= 0.3 is 0 Å². The first-order valence-corrected chi connectivity index (χ1v) is 8.74. The molecule has 132 valence electrons. The number of piperidine rings is 1. The fraction of sp³-hybridized carbons (Fsp3) is 0.706. The number of ether oxygens (including phenoxy) is 2. The van der Waals surface area contributed by atoms with Crippen LogP contribution in [0.25, 0.3) is 0 Å². The van der Waals surface area contributed by atoms with Crippen molar-refractivity contribution in [2.24, 2.45) is 0 Å². The summed E-state index contributed by atoms with van der Waals surface area (Å²) in [5.41, 5.74) is 0.451. The Kier molecular flexibility index (Phi) is 5.30. The van der Waals surface area contributed by atoms with Gasteiger partial charge in [-0.15, -0.1) is 0 Å². The molecule has 3 heterocycles. The second-order valence-electron chi connectivity index (χ2n) is 6.44. The molecule has 0 unspecified atom stereocenters. The summed E-state index contributed by atoms with van der Waals surface area (Å²) in [7, 11) is 1.82. The predicted octanol–water partition coefficient (Wildman–Crippen LogP) is 1.69. The highest BCUT2D eigenvalue weighted by Crippen LogP contribution is 2.32. The van der Waals surface area contributed by atoms with Crippen molar-refractivity contribution in [3.8, 4) is 0 Å². The molecule has 1 amide bonds. The minimum absolute atomic E-state index is 0.0527. The van der Waals surface area contributed by atoms with Crippen LogP contribution in [0.2, 0.25) is 0 Å². The van der Waals surface area contributed by atoms with Crippen molar-refractivity contribution in [1.29, 1.82) is 0 Å². The first-order chi connectivity index (χ1) is 11.6. The van der Waals surface area contributed by atoms with Gasteiger partial charge in [0.05, 0.1) is 13.2 Å². The normalized spacial score (nSPS) is 19.7. The molecule has 1 aromatic rings. The maximum Gasteiger partial charge on any atom is 0.272 e. The largest absolute Gasteiger partial charge is 0.356 e. The van der Waals surface area contributed by atoms with E-state index in [9.17, 15) is 4.79 Å². The van der Waals surface area contributed by atoms with Crippen LogP contribution in [0.3, 0.4) is 0 Å². The molecule has 2 saturated heterocycles. The van der Waals surface area contributed by atoms with Crippen LogP contribution in [0.1, 0.15) is 43.1 Å². The molecule has 3 rings (SSSR count). The zero-order valence-electron chi connectivity index (χ0n) is 14.5. The van der Waals surface area contributed by atoms with Crippen molar-refractivity contribution in [1.82, 2.24) is 14.9 Å². The Labute approximate surface area is 143 Å². The molecule has 0 aliphatic carbocycles. The third kappa shape index (κ3) is 3.67. The zero-order valence-corrected chi connectivity index (χ0v) is 14.5. The minimum atomic E-state index is -0.400. The number of carbonyl (C=O) groups excluding carboxylic acids is 1. The zero-order chi connectivity index (χ0) is 17.0. The summed E-state index contributed by atoms with van der Waals surface area (Å²) in [6.45, 7) is 5.82. The molecule has 1 spiro atoms. The smallest absolute Gasteiger partial charge is 0.272 e. The van der Waals surface area contributed by atoms with Crippen molar-refractivity contribution in [2.45, 2.75) is 38.4 Å². The van der Waals surface area contributed by atoms with Crippen LogP contribution >= 0.6 is 0 Å². The number of amides is 1. The fourth-order valence-electron chi connectivity index (χ4n) is 3.19. The molecule has 0 bridgehead atoms. The van der Waals surface area contributed by atoms with Crippen LogP contribution in [-0.2, 0) is 9.47 Å². The van der Waals surface area contributed by atoms with E-state index < -0.39 is 5.79 Å². The molecule has 7 heteroatoms. The van der Waals surface area contributed by atoms with E-state index in [1.807, 2.05) is 7.05 Å². The highest BCUT2D eigenvalue weighted by atomic mass is 16.7. The monoisotopic (exact) mass is 334 g/mol. The molecule has 2 aliphatic rings. The molecule has 0 radical (unpaired) electrons. The molecule has 2 fully saturated rings. The Morgan fingerprint density at radius 3 is 2.67 bits per heavy atom. The van der Waals surface area contributed by atoms with E-state index in [4.69, 9.17) is 9.47 Å². The maximum atomic E-state index is 12.5. The highest BCUT2D eigenvalue weighted by molar-refractivity contribution is 5.92.